The molecule has 1 fully saturated rings. The average molecular weight is 370 g/mol. The van der Waals surface area contributed by atoms with Gasteiger partial charge in [-0.15, -0.1) is 0 Å². The summed E-state index contributed by atoms with van der Waals surface area (Å²) in [6, 6.07) is 0. The predicted molar refractivity (Wildman–Crippen MR) is 112 cm³/mol. The van der Waals surface area contributed by atoms with E-state index in [0.29, 0.717) is 0 Å². The molecule has 0 aliphatic carbocycles. The molecule has 26 heavy (non-hydrogen) atoms. The zero-order valence-electron chi connectivity index (χ0n) is 17.7. The minimum Gasteiger partial charge on any atom is -0.385 e. The third-order valence-electron chi connectivity index (χ3n) is 5.05. The van der Waals surface area contributed by atoms with Crippen molar-refractivity contribution in [2.75, 3.05) is 73.1 Å². The molecule has 0 aromatic rings. The normalized spacial score (nSPS) is 17.0. The van der Waals surface area contributed by atoms with Crippen LogP contribution in [0.2, 0.25) is 0 Å². The molecule has 154 valence electrons. The molecule has 0 aromatic heterocycles. The standard InChI is InChI=1S/C20H43N5O/c1-5-21-20(23-12-17-24(3)13-8-18-26-4)22-11-6-7-14-25-15-9-19(2)10-16-25/h19H,5-18H2,1-4H3,(H2,21,22,23). The Labute approximate surface area is 161 Å². The quantitative estimate of drug-likeness (QED) is 0.296. The van der Waals surface area contributed by atoms with E-state index < -0.39 is 0 Å². The summed E-state index contributed by atoms with van der Waals surface area (Å²) in [7, 11) is 3.91. The van der Waals surface area contributed by atoms with E-state index in [-0.39, 0.29) is 0 Å². The summed E-state index contributed by atoms with van der Waals surface area (Å²) in [5.74, 6) is 1.87. The number of aliphatic imine (C=N–C) groups is 1. The summed E-state index contributed by atoms with van der Waals surface area (Å²) < 4.78 is 5.10. The number of likely N-dealkylation sites (tertiary alicyclic amines) is 1. The Balaban J connectivity index is 2.11. The fourth-order valence-corrected chi connectivity index (χ4v) is 3.22. The monoisotopic (exact) mass is 369 g/mol. The zero-order valence-corrected chi connectivity index (χ0v) is 17.7. The molecule has 1 aliphatic rings. The second kappa shape index (κ2) is 15.2. The van der Waals surface area contributed by atoms with Crippen molar-refractivity contribution in [3.63, 3.8) is 0 Å². The van der Waals surface area contributed by atoms with E-state index in [9.17, 15) is 0 Å². The van der Waals surface area contributed by atoms with Crippen LogP contribution in [0.1, 0.15) is 46.0 Å². The lowest BCUT2D eigenvalue weighted by atomic mass is 9.99. The molecule has 6 heteroatoms. The molecule has 0 bridgehead atoms. The van der Waals surface area contributed by atoms with Crippen molar-refractivity contribution in [2.24, 2.45) is 10.9 Å². The van der Waals surface area contributed by atoms with Crippen LogP contribution < -0.4 is 10.6 Å². The molecule has 6 nitrogen and oxygen atoms in total. The molecule has 0 unspecified atom stereocenters. The second-order valence-electron chi connectivity index (χ2n) is 7.57. The van der Waals surface area contributed by atoms with Gasteiger partial charge in [-0.05, 0) is 71.6 Å². The van der Waals surface area contributed by atoms with Crippen molar-refractivity contribution in [2.45, 2.75) is 46.0 Å². The van der Waals surface area contributed by atoms with Crippen LogP contribution in [0.5, 0.6) is 0 Å². The Bertz CT molecular complexity index is 356. The summed E-state index contributed by atoms with van der Waals surface area (Å²) in [6.45, 7) is 13.9. The number of piperidine rings is 1. The van der Waals surface area contributed by atoms with Crippen LogP contribution in [0.25, 0.3) is 0 Å². The lowest BCUT2D eigenvalue weighted by Crippen LogP contribution is -2.41. The highest BCUT2D eigenvalue weighted by molar-refractivity contribution is 5.79. The van der Waals surface area contributed by atoms with Gasteiger partial charge < -0.3 is 25.2 Å². The van der Waals surface area contributed by atoms with Crippen LogP contribution in [0.15, 0.2) is 4.99 Å². The molecule has 1 aliphatic heterocycles. The molecule has 0 spiro atoms. The summed E-state index contributed by atoms with van der Waals surface area (Å²) in [4.78, 5) is 9.66. The SMILES string of the molecule is CCNC(=NCCCCN1CCC(C)CC1)NCCN(C)CCCOC. The molecular formula is C20H43N5O. The Hall–Kier alpha value is -0.850. The molecule has 0 atom stereocenters. The summed E-state index contributed by atoms with van der Waals surface area (Å²) in [5.41, 5.74) is 0. The summed E-state index contributed by atoms with van der Waals surface area (Å²) in [5, 5.41) is 6.79. The van der Waals surface area contributed by atoms with E-state index in [0.717, 1.165) is 57.6 Å². The smallest absolute Gasteiger partial charge is 0.191 e. The summed E-state index contributed by atoms with van der Waals surface area (Å²) >= 11 is 0. The Morgan fingerprint density at radius 3 is 2.62 bits per heavy atom. The van der Waals surface area contributed by atoms with Crippen molar-refractivity contribution >= 4 is 5.96 Å². The first kappa shape index (κ1) is 23.2. The fraction of sp³-hybridized carbons (Fsp3) is 0.950. The number of methoxy groups -OCH3 is 1. The fourth-order valence-electron chi connectivity index (χ4n) is 3.22. The third-order valence-corrected chi connectivity index (χ3v) is 5.05. The van der Waals surface area contributed by atoms with Crippen molar-refractivity contribution in [3.05, 3.63) is 0 Å². The van der Waals surface area contributed by atoms with E-state index in [2.05, 4.69) is 41.3 Å². The van der Waals surface area contributed by atoms with Gasteiger partial charge in [-0.2, -0.15) is 0 Å². The van der Waals surface area contributed by atoms with Gasteiger partial charge in [-0.3, -0.25) is 4.99 Å². The maximum Gasteiger partial charge on any atom is 0.191 e. The van der Waals surface area contributed by atoms with Crippen LogP contribution in [0.3, 0.4) is 0 Å². The first-order chi connectivity index (χ1) is 12.7. The largest absolute Gasteiger partial charge is 0.385 e. The Morgan fingerprint density at radius 2 is 1.92 bits per heavy atom. The highest BCUT2D eigenvalue weighted by atomic mass is 16.5. The predicted octanol–water partition coefficient (Wildman–Crippen LogP) is 2.02. The molecule has 0 amide bonds. The lowest BCUT2D eigenvalue weighted by Gasteiger charge is -2.30. The van der Waals surface area contributed by atoms with Gasteiger partial charge in [0.2, 0.25) is 0 Å². The van der Waals surface area contributed by atoms with E-state index in [1.807, 2.05) is 0 Å². The highest BCUT2D eigenvalue weighted by Crippen LogP contribution is 2.16. The number of hydrogen-bond donors (Lipinski definition) is 2. The van der Waals surface area contributed by atoms with E-state index in [1.54, 1.807) is 7.11 Å². The number of hydrogen-bond acceptors (Lipinski definition) is 4. The van der Waals surface area contributed by atoms with Crippen LogP contribution in [-0.4, -0.2) is 88.9 Å². The summed E-state index contributed by atoms with van der Waals surface area (Å²) in [6.07, 6.45) is 6.23. The first-order valence-corrected chi connectivity index (χ1v) is 10.6. The van der Waals surface area contributed by atoms with Gasteiger partial charge in [0.1, 0.15) is 0 Å². The van der Waals surface area contributed by atoms with Gasteiger partial charge in [0.05, 0.1) is 0 Å². The number of nitrogens with one attached hydrogen (secondary N) is 2. The number of likely N-dealkylation sites (N-methyl/N-ethyl adjacent to an activating group) is 1. The van der Waals surface area contributed by atoms with Crippen LogP contribution in [0.4, 0.5) is 0 Å². The number of ether oxygens (including phenoxy) is 1. The van der Waals surface area contributed by atoms with Gasteiger partial charge >= 0.3 is 0 Å². The average Bonchev–Trinajstić information content (AvgIpc) is 2.63. The van der Waals surface area contributed by atoms with E-state index >= 15 is 0 Å². The molecule has 0 aromatic carbocycles. The van der Waals surface area contributed by atoms with Crippen molar-refractivity contribution in [1.29, 1.82) is 0 Å². The third kappa shape index (κ3) is 11.7. The second-order valence-corrected chi connectivity index (χ2v) is 7.57. The molecular weight excluding hydrogens is 326 g/mol. The van der Waals surface area contributed by atoms with E-state index in [1.165, 1.54) is 45.3 Å². The Morgan fingerprint density at radius 1 is 1.15 bits per heavy atom. The maximum absolute atomic E-state index is 5.10. The topological polar surface area (TPSA) is 52.1 Å². The minimum atomic E-state index is 0.832. The van der Waals surface area contributed by atoms with Crippen molar-refractivity contribution in [1.82, 2.24) is 20.4 Å². The zero-order chi connectivity index (χ0) is 19.0. The molecule has 0 saturated carbocycles. The molecule has 1 saturated heterocycles. The van der Waals surface area contributed by atoms with Gasteiger partial charge in [-0.1, -0.05) is 6.92 Å². The van der Waals surface area contributed by atoms with Crippen molar-refractivity contribution in [3.8, 4) is 0 Å². The van der Waals surface area contributed by atoms with Crippen molar-refractivity contribution < 1.29 is 4.74 Å². The maximum atomic E-state index is 5.10. The number of guanidine groups is 1. The minimum absolute atomic E-state index is 0.832. The van der Waals surface area contributed by atoms with Gasteiger partial charge in [-0.25, -0.2) is 0 Å². The van der Waals surface area contributed by atoms with Crippen LogP contribution in [0, 0.1) is 5.92 Å². The first-order valence-electron chi connectivity index (χ1n) is 10.6. The van der Waals surface area contributed by atoms with Gasteiger partial charge in [0.25, 0.3) is 0 Å². The molecule has 1 rings (SSSR count). The van der Waals surface area contributed by atoms with Gasteiger partial charge in [0.15, 0.2) is 5.96 Å². The molecule has 2 N–H and O–H groups in total. The van der Waals surface area contributed by atoms with Gasteiger partial charge in [0, 0.05) is 46.4 Å². The van der Waals surface area contributed by atoms with Crippen LogP contribution in [-0.2, 0) is 4.74 Å². The molecule has 0 radical (unpaired) electrons. The van der Waals surface area contributed by atoms with E-state index in [4.69, 9.17) is 9.73 Å². The highest BCUT2D eigenvalue weighted by Gasteiger charge is 2.14. The number of nitrogens with zero attached hydrogens (tertiary/aromatic N) is 3. The Kier molecular flexibility index (Phi) is 13.6. The lowest BCUT2D eigenvalue weighted by molar-refractivity contribution is 0.180. The van der Waals surface area contributed by atoms with Crippen LogP contribution >= 0.6 is 0 Å². The molecule has 1 heterocycles. The number of rotatable bonds is 13. The number of unbranched alkanes of at least 4 members (excludes halogenated alkanes) is 1.